The minimum absolute atomic E-state index is 0.157. The number of halogens is 6. The molecule has 1 saturated heterocycles. The Hall–Kier alpha value is -2.42. The van der Waals surface area contributed by atoms with Crippen LogP contribution in [-0.2, 0) is 0 Å². The molecular weight excluding hydrogens is 384 g/mol. The van der Waals surface area contributed by atoms with Gasteiger partial charge in [-0.25, -0.2) is 26.3 Å². The Morgan fingerprint density at radius 1 is 0.857 bits per heavy atom. The molecular formula is C19H17F6N3. The van der Waals surface area contributed by atoms with Crippen molar-refractivity contribution >= 4 is 5.69 Å². The quantitative estimate of drug-likeness (QED) is 0.280. The fraction of sp³-hybridized carbons (Fsp3) is 0.368. The summed E-state index contributed by atoms with van der Waals surface area (Å²) in [5.41, 5.74) is -1.23. The molecule has 28 heavy (non-hydrogen) atoms. The van der Waals surface area contributed by atoms with Crippen LogP contribution in [0.2, 0.25) is 0 Å². The standard InChI is InChI=1S/C19H17F6N3/c1-28-8-6-10(7-9-28)18(11-4-2-3-5-12(11)20)26-27-19-16(24)14(22)13(21)15(23)17(19)25/h2-5,10,18H,6-9H2,1H3. The highest BCUT2D eigenvalue weighted by molar-refractivity contribution is 5.41. The van der Waals surface area contributed by atoms with E-state index in [1.807, 2.05) is 7.05 Å². The lowest BCUT2D eigenvalue weighted by Crippen LogP contribution is -2.32. The normalized spacial score (nSPS) is 17.4. The van der Waals surface area contributed by atoms with Crippen molar-refractivity contribution in [3.63, 3.8) is 0 Å². The van der Waals surface area contributed by atoms with Gasteiger partial charge in [0.15, 0.2) is 29.0 Å². The Kier molecular flexibility index (Phi) is 6.02. The van der Waals surface area contributed by atoms with Crippen molar-refractivity contribution in [2.24, 2.45) is 16.1 Å². The first-order valence-electron chi connectivity index (χ1n) is 8.66. The molecule has 0 amide bonds. The van der Waals surface area contributed by atoms with Crippen molar-refractivity contribution in [3.05, 3.63) is 64.7 Å². The molecule has 0 aromatic heterocycles. The molecule has 0 N–H and O–H groups in total. The molecule has 0 bridgehead atoms. The summed E-state index contributed by atoms with van der Waals surface area (Å²) < 4.78 is 82.0. The summed E-state index contributed by atoms with van der Waals surface area (Å²) in [5.74, 6) is -11.4. The minimum atomic E-state index is -2.27. The zero-order chi connectivity index (χ0) is 20.4. The summed E-state index contributed by atoms with van der Waals surface area (Å²) in [5, 5.41) is 7.17. The molecule has 0 spiro atoms. The summed E-state index contributed by atoms with van der Waals surface area (Å²) >= 11 is 0. The molecule has 1 atom stereocenters. The van der Waals surface area contributed by atoms with E-state index in [-0.39, 0.29) is 11.5 Å². The van der Waals surface area contributed by atoms with Gasteiger partial charge in [-0.2, -0.15) is 5.11 Å². The maximum Gasteiger partial charge on any atom is 0.200 e. The third-order valence-corrected chi connectivity index (χ3v) is 4.90. The highest BCUT2D eigenvalue weighted by Gasteiger charge is 2.30. The highest BCUT2D eigenvalue weighted by atomic mass is 19.2. The Morgan fingerprint density at radius 3 is 1.96 bits per heavy atom. The molecule has 3 rings (SSSR count). The van der Waals surface area contributed by atoms with Gasteiger partial charge in [0.25, 0.3) is 0 Å². The molecule has 150 valence electrons. The smallest absolute Gasteiger partial charge is 0.200 e. The molecule has 0 aliphatic carbocycles. The molecule has 3 nitrogen and oxygen atoms in total. The van der Waals surface area contributed by atoms with E-state index in [0.717, 1.165) is 0 Å². The Labute approximate surface area is 157 Å². The molecule has 2 aromatic carbocycles. The van der Waals surface area contributed by atoms with Gasteiger partial charge in [0.1, 0.15) is 11.9 Å². The number of hydrogen-bond donors (Lipinski definition) is 0. The second-order valence-electron chi connectivity index (χ2n) is 6.74. The molecule has 1 heterocycles. The zero-order valence-electron chi connectivity index (χ0n) is 14.9. The summed E-state index contributed by atoms with van der Waals surface area (Å²) in [6, 6.07) is 4.83. The molecule has 0 saturated carbocycles. The summed E-state index contributed by atoms with van der Waals surface area (Å²) in [7, 11) is 1.92. The van der Waals surface area contributed by atoms with E-state index in [0.29, 0.717) is 25.9 Å². The first-order chi connectivity index (χ1) is 13.3. The van der Waals surface area contributed by atoms with Gasteiger partial charge in [-0.3, -0.25) is 0 Å². The monoisotopic (exact) mass is 401 g/mol. The number of likely N-dealkylation sites (tertiary alicyclic amines) is 1. The third-order valence-electron chi connectivity index (χ3n) is 4.90. The van der Waals surface area contributed by atoms with Crippen molar-refractivity contribution in [1.29, 1.82) is 0 Å². The van der Waals surface area contributed by atoms with Crippen LogP contribution in [0.5, 0.6) is 0 Å². The van der Waals surface area contributed by atoms with Gasteiger partial charge in [0.05, 0.1) is 0 Å². The van der Waals surface area contributed by atoms with Crippen LogP contribution in [0, 0.1) is 40.8 Å². The Bertz CT molecular complexity index is 864. The average Bonchev–Trinajstić information content (AvgIpc) is 2.69. The molecule has 1 unspecified atom stereocenters. The Balaban J connectivity index is 2.02. The largest absolute Gasteiger partial charge is 0.306 e. The topological polar surface area (TPSA) is 28.0 Å². The van der Waals surface area contributed by atoms with Crippen molar-refractivity contribution in [2.45, 2.75) is 18.9 Å². The lowest BCUT2D eigenvalue weighted by atomic mass is 9.86. The first-order valence-corrected chi connectivity index (χ1v) is 8.66. The fourth-order valence-corrected chi connectivity index (χ4v) is 3.27. The van der Waals surface area contributed by atoms with Crippen LogP contribution in [0.4, 0.5) is 32.0 Å². The van der Waals surface area contributed by atoms with Crippen LogP contribution in [0.3, 0.4) is 0 Å². The van der Waals surface area contributed by atoms with Crippen LogP contribution >= 0.6 is 0 Å². The SMILES string of the molecule is CN1CCC(C(N=Nc2c(F)c(F)c(F)c(F)c2F)c2ccccc2F)CC1. The summed E-state index contributed by atoms with van der Waals surface area (Å²) in [6.45, 7) is 1.40. The second-order valence-corrected chi connectivity index (χ2v) is 6.74. The third kappa shape index (κ3) is 3.89. The number of benzene rings is 2. The highest BCUT2D eigenvalue weighted by Crippen LogP contribution is 2.37. The van der Waals surface area contributed by atoms with Gasteiger partial charge >= 0.3 is 0 Å². The number of rotatable bonds is 4. The van der Waals surface area contributed by atoms with E-state index < -0.39 is 46.6 Å². The van der Waals surface area contributed by atoms with E-state index in [1.54, 1.807) is 6.07 Å². The lowest BCUT2D eigenvalue weighted by Gasteiger charge is -2.32. The van der Waals surface area contributed by atoms with Gasteiger partial charge in [0, 0.05) is 5.56 Å². The van der Waals surface area contributed by atoms with Crippen LogP contribution in [-0.4, -0.2) is 25.0 Å². The van der Waals surface area contributed by atoms with E-state index >= 15 is 0 Å². The first kappa shape index (κ1) is 20.3. The minimum Gasteiger partial charge on any atom is -0.306 e. The van der Waals surface area contributed by atoms with Crippen molar-refractivity contribution in [1.82, 2.24) is 4.90 Å². The van der Waals surface area contributed by atoms with Gasteiger partial charge in [-0.15, -0.1) is 5.11 Å². The van der Waals surface area contributed by atoms with E-state index in [1.165, 1.54) is 18.2 Å². The van der Waals surface area contributed by atoms with Crippen molar-refractivity contribution in [2.75, 3.05) is 20.1 Å². The zero-order valence-corrected chi connectivity index (χ0v) is 14.9. The number of piperidine rings is 1. The molecule has 1 aliphatic heterocycles. The predicted molar refractivity (Wildman–Crippen MR) is 90.1 cm³/mol. The molecule has 0 radical (unpaired) electrons. The summed E-state index contributed by atoms with van der Waals surface area (Å²) in [4.78, 5) is 2.07. The molecule has 1 fully saturated rings. The van der Waals surface area contributed by atoms with Gasteiger partial charge in [0.2, 0.25) is 5.82 Å². The lowest BCUT2D eigenvalue weighted by molar-refractivity contribution is 0.196. The molecule has 1 aliphatic rings. The Morgan fingerprint density at radius 2 is 1.39 bits per heavy atom. The van der Waals surface area contributed by atoms with Gasteiger partial charge < -0.3 is 4.90 Å². The van der Waals surface area contributed by atoms with E-state index in [4.69, 9.17) is 0 Å². The van der Waals surface area contributed by atoms with Crippen LogP contribution in [0.15, 0.2) is 34.5 Å². The van der Waals surface area contributed by atoms with E-state index in [9.17, 15) is 26.3 Å². The maximum atomic E-state index is 14.3. The van der Waals surface area contributed by atoms with Crippen LogP contribution in [0.25, 0.3) is 0 Å². The van der Waals surface area contributed by atoms with Crippen molar-refractivity contribution in [3.8, 4) is 0 Å². The van der Waals surface area contributed by atoms with Gasteiger partial charge in [-0.1, -0.05) is 18.2 Å². The molecule has 2 aromatic rings. The fourth-order valence-electron chi connectivity index (χ4n) is 3.27. The van der Waals surface area contributed by atoms with Crippen molar-refractivity contribution < 1.29 is 26.3 Å². The average molecular weight is 401 g/mol. The van der Waals surface area contributed by atoms with Gasteiger partial charge in [-0.05, 0) is 45.0 Å². The number of hydrogen-bond acceptors (Lipinski definition) is 3. The van der Waals surface area contributed by atoms with E-state index in [2.05, 4.69) is 15.1 Å². The number of azo groups is 1. The molecule has 9 heteroatoms. The second kappa shape index (κ2) is 8.30. The van der Waals surface area contributed by atoms with Crippen LogP contribution < -0.4 is 0 Å². The predicted octanol–water partition coefficient (Wildman–Crippen LogP) is 5.69. The van der Waals surface area contributed by atoms with Crippen LogP contribution in [0.1, 0.15) is 24.4 Å². The maximum absolute atomic E-state index is 14.3. The summed E-state index contributed by atoms with van der Waals surface area (Å²) in [6.07, 6.45) is 1.23. The number of nitrogens with zero attached hydrogens (tertiary/aromatic N) is 3.